The smallest absolute Gasteiger partial charge is 0.331 e. The highest BCUT2D eigenvalue weighted by molar-refractivity contribution is 5.81. The minimum absolute atomic E-state index is 0.480. The van der Waals surface area contributed by atoms with Crippen LogP contribution in [0.2, 0.25) is 0 Å². The number of esters is 1. The van der Waals surface area contributed by atoms with Gasteiger partial charge in [-0.05, 0) is 13.3 Å². The summed E-state index contributed by atoms with van der Waals surface area (Å²) < 4.78 is 4.76. The first kappa shape index (κ1) is 9.17. The summed E-state index contributed by atoms with van der Waals surface area (Å²) in [5.41, 5.74) is 4.65. The van der Waals surface area contributed by atoms with E-state index in [4.69, 9.17) is 10.5 Å². The Balaban J connectivity index is 3.87. The highest BCUT2D eigenvalue weighted by atomic mass is 16.6. The molecule has 1 unspecified atom stereocenters. The van der Waals surface area contributed by atoms with Crippen molar-refractivity contribution in [1.82, 2.24) is 0 Å². The first-order valence-corrected chi connectivity index (χ1v) is 3.16. The third-order valence-corrected chi connectivity index (χ3v) is 1.20. The number of rotatable bonds is 3. The van der Waals surface area contributed by atoms with Crippen molar-refractivity contribution < 1.29 is 9.53 Å². The topological polar surface area (TPSA) is 52.3 Å². The van der Waals surface area contributed by atoms with Crippen molar-refractivity contribution in [3.05, 3.63) is 12.7 Å². The normalized spacial score (nSPS) is 15.5. The fourth-order valence-electron chi connectivity index (χ4n) is 0.344. The van der Waals surface area contributed by atoms with Gasteiger partial charge in [-0.2, -0.15) is 0 Å². The van der Waals surface area contributed by atoms with Crippen LogP contribution in [0.3, 0.4) is 0 Å². The second-order valence-corrected chi connectivity index (χ2v) is 2.29. The zero-order valence-corrected chi connectivity index (χ0v) is 6.39. The molecule has 1 atom stereocenters. The lowest BCUT2D eigenvalue weighted by atomic mass is 10.2. The molecule has 0 aromatic rings. The van der Waals surface area contributed by atoms with Gasteiger partial charge < -0.3 is 4.74 Å². The van der Waals surface area contributed by atoms with Crippen LogP contribution in [0.1, 0.15) is 20.3 Å². The number of ether oxygens (including phenoxy) is 1. The molecule has 3 nitrogen and oxygen atoms in total. The van der Waals surface area contributed by atoms with Crippen molar-refractivity contribution in [2.75, 3.05) is 0 Å². The molecule has 0 bridgehead atoms. The standard InChI is InChI=1S/C7H13NO2/c1-4-6(9)10-7(3,8)5-2/h4H,1,5,8H2,2-3H3. The van der Waals surface area contributed by atoms with Gasteiger partial charge in [0.25, 0.3) is 0 Å². The largest absolute Gasteiger partial charge is 0.441 e. The minimum atomic E-state index is -0.856. The van der Waals surface area contributed by atoms with E-state index in [2.05, 4.69) is 6.58 Å². The van der Waals surface area contributed by atoms with Crippen LogP contribution in [-0.2, 0) is 9.53 Å². The fraction of sp³-hybridized carbons (Fsp3) is 0.571. The number of hydrogen-bond acceptors (Lipinski definition) is 3. The maximum Gasteiger partial charge on any atom is 0.331 e. The van der Waals surface area contributed by atoms with Crippen LogP contribution < -0.4 is 5.73 Å². The van der Waals surface area contributed by atoms with E-state index in [9.17, 15) is 4.79 Å². The molecular formula is C7H13NO2. The lowest BCUT2D eigenvalue weighted by Gasteiger charge is -2.21. The average molecular weight is 143 g/mol. The number of nitrogens with two attached hydrogens (primary N) is 1. The average Bonchev–Trinajstić information content (AvgIpc) is 1.87. The molecule has 0 aromatic heterocycles. The van der Waals surface area contributed by atoms with Crippen molar-refractivity contribution in [1.29, 1.82) is 0 Å². The summed E-state index contributed by atoms with van der Waals surface area (Å²) in [4.78, 5) is 10.6. The van der Waals surface area contributed by atoms with Crippen molar-refractivity contribution >= 4 is 5.97 Å². The third-order valence-electron chi connectivity index (χ3n) is 1.20. The summed E-state index contributed by atoms with van der Waals surface area (Å²) in [6.07, 6.45) is 1.69. The second-order valence-electron chi connectivity index (χ2n) is 2.29. The van der Waals surface area contributed by atoms with Gasteiger partial charge in [0.15, 0.2) is 5.72 Å². The van der Waals surface area contributed by atoms with Crippen LogP contribution in [0.15, 0.2) is 12.7 Å². The molecule has 0 radical (unpaired) electrons. The molecule has 0 rings (SSSR count). The van der Waals surface area contributed by atoms with Crippen molar-refractivity contribution in [3.63, 3.8) is 0 Å². The van der Waals surface area contributed by atoms with Crippen LogP contribution >= 0.6 is 0 Å². The van der Waals surface area contributed by atoms with E-state index >= 15 is 0 Å². The lowest BCUT2D eigenvalue weighted by molar-refractivity contribution is -0.151. The van der Waals surface area contributed by atoms with Gasteiger partial charge in [-0.1, -0.05) is 13.5 Å². The van der Waals surface area contributed by atoms with Crippen molar-refractivity contribution in [2.45, 2.75) is 26.0 Å². The molecule has 2 N–H and O–H groups in total. The van der Waals surface area contributed by atoms with E-state index in [1.54, 1.807) is 6.92 Å². The summed E-state index contributed by atoms with van der Waals surface area (Å²) in [7, 11) is 0. The molecular weight excluding hydrogens is 130 g/mol. The molecule has 0 saturated carbocycles. The Morgan fingerprint density at radius 1 is 1.90 bits per heavy atom. The van der Waals surface area contributed by atoms with E-state index in [1.807, 2.05) is 6.92 Å². The van der Waals surface area contributed by atoms with Gasteiger partial charge in [-0.15, -0.1) is 0 Å². The molecule has 0 heterocycles. The molecule has 0 aliphatic heterocycles. The Kier molecular flexibility index (Phi) is 3.09. The van der Waals surface area contributed by atoms with Crippen LogP contribution in [-0.4, -0.2) is 11.7 Å². The zero-order valence-electron chi connectivity index (χ0n) is 6.39. The summed E-state index contributed by atoms with van der Waals surface area (Å²) >= 11 is 0. The Morgan fingerprint density at radius 2 is 2.40 bits per heavy atom. The molecule has 0 spiro atoms. The van der Waals surface area contributed by atoms with Crippen LogP contribution in [0.25, 0.3) is 0 Å². The maximum atomic E-state index is 10.6. The number of carbonyl (C=O) groups is 1. The molecule has 58 valence electrons. The molecule has 0 aliphatic carbocycles. The van der Waals surface area contributed by atoms with E-state index in [0.29, 0.717) is 6.42 Å². The molecule has 3 heteroatoms. The lowest BCUT2D eigenvalue weighted by Crippen LogP contribution is -2.40. The van der Waals surface area contributed by atoms with Gasteiger partial charge in [-0.3, -0.25) is 5.73 Å². The van der Waals surface area contributed by atoms with Gasteiger partial charge >= 0.3 is 5.97 Å². The molecule has 0 amide bonds. The van der Waals surface area contributed by atoms with Crippen molar-refractivity contribution in [2.24, 2.45) is 5.73 Å². The van der Waals surface area contributed by atoms with E-state index in [-0.39, 0.29) is 0 Å². The number of hydrogen-bond donors (Lipinski definition) is 1. The predicted molar refractivity (Wildman–Crippen MR) is 39.2 cm³/mol. The Bertz CT molecular complexity index is 141. The SMILES string of the molecule is C=CC(=O)OC(C)(N)CC. The van der Waals surface area contributed by atoms with Crippen LogP contribution in [0.5, 0.6) is 0 Å². The Hall–Kier alpha value is -0.830. The van der Waals surface area contributed by atoms with Gasteiger partial charge in [0.05, 0.1) is 0 Å². The van der Waals surface area contributed by atoms with Gasteiger partial charge in [-0.25, -0.2) is 4.79 Å². The monoisotopic (exact) mass is 143 g/mol. The van der Waals surface area contributed by atoms with E-state index < -0.39 is 11.7 Å². The molecule has 0 aliphatic rings. The highest BCUT2D eigenvalue weighted by Crippen LogP contribution is 2.06. The second kappa shape index (κ2) is 3.37. The highest BCUT2D eigenvalue weighted by Gasteiger charge is 2.18. The van der Waals surface area contributed by atoms with E-state index in [0.717, 1.165) is 6.08 Å². The minimum Gasteiger partial charge on any atom is -0.441 e. The summed E-state index contributed by atoms with van der Waals surface area (Å²) in [5.74, 6) is -0.480. The maximum absolute atomic E-state index is 10.6. The first-order valence-electron chi connectivity index (χ1n) is 3.16. The van der Waals surface area contributed by atoms with Gasteiger partial charge in [0.2, 0.25) is 0 Å². The van der Waals surface area contributed by atoms with Crippen molar-refractivity contribution in [3.8, 4) is 0 Å². The molecule has 0 fully saturated rings. The predicted octanol–water partition coefficient (Wildman–Crippen LogP) is 0.800. The summed E-state index contributed by atoms with van der Waals surface area (Å²) in [6.45, 7) is 6.74. The first-order chi connectivity index (χ1) is 4.52. The van der Waals surface area contributed by atoms with Crippen LogP contribution in [0.4, 0.5) is 0 Å². The quantitative estimate of drug-likeness (QED) is 0.361. The zero-order chi connectivity index (χ0) is 8.20. The Labute approximate surface area is 60.9 Å². The Morgan fingerprint density at radius 3 is 2.70 bits per heavy atom. The van der Waals surface area contributed by atoms with E-state index in [1.165, 1.54) is 0 Å². The van der Waals surface area contributed by atoms with Gasteiger partial charge in [0.1, 0.15) is 0 Å². The number of carbonyl (C=O) groups excluding carboxylic acids is 1. The fourth-order valence-corrected chi connectivity index (χ4v) is 0.344. The summed E-state index contributed by atoms with van der Waals surface area (Å²) in [6, 6.07) is 0. The third kappa shape index (κ3) is 3.25. The summed E-state index contributed by atoms with van der Waals surface area (Å²) in [5, 5.41) is 0. The van der Waals surface area contributed by atoms with Crippen LogP contribution in [0, 0.1) is 0 Å². The van der Waals surface area contributed by atoms with Gasteiger partial charge in [0, 0.05) is 6.08 Å². The molecule has 0 saturated heterocycles. The molecule has 10 heavy (non-hydrogen) atoms. The molecule has 0 aromatic carbocycles.